The summed E-state index contributed by atoms with van der Waals surface area (Å²) in [5, 5.41) is 27.0. The van der Waals surface area contributed by atoms with E-state index in [2.05, 4.69) is 41.2 Å². The first-order valence-electron chi connectivity index (χ1n) is 5.84. The Kier molecular flexibility index (Phi) is 3.29. The Hall–Kier alpha value is -3.24. The Morgan fingerprint density at radius 1 is 1.10 bits per heavy atom. The number of anilines is 1. The van der Waals surface area contributed by atoms with Crippen LogP contribution < -0.4 is 15.2 Å². The van der Waals surface area contributed by atoms with Crippen LogP contribution in [0.1, 0.15) is 5.82 Å². The van der Waals surface area contributed by atoms with Crippen LogP contribution in [0.4, 0.5) is 5.69 Å². The maximum absolute atomic E-state index is 5.98. The number of aromatic nitrogens is 8. The summed E-state index contributed by atoms with van der Waals surface area (Å²) in [4.78, 5) is 0. The maximum Gasteiger partial charge on any atom is 0.211 e. The second kappa shape index (κ2) is 5.40. The molecule has 0 unspecified atom stereocenters. The van der Waals surface area contributed by atoms with E-state index in [9.17, 15) is 0 Å². The molecular weight excluding hydrogens is 278 g/mol. The van der Waals surface area contributed by atoms with Crippen LogP contribution in [0.2, 0.25) is 0 Å². The standard InChI is InChI=1S/C10H11N9O2/c1-20-7-2-5(10-14-18-19-15-10)6(11)3-8(7)21-4-9-12-16-17-13-9/h2-3H,4,11H2,1H3,(H,12,13,16,17)(H,14,15,18,19). The van der Waals surface area contributed by atoms with E-state index in [0.717, 1.165) is 0 Å². The first-order valence-corrected chi connectivity index (χ1v) is 5.84. The van der Waals surface area contributed by atoms with Crippen molar-refractivity contribution in [2.45, 2.75) is 6.61 Å². The Bertz CT molecular complexity index is 710. The molecule has 3 rings (SSSR count). The molecule has 0 atom stereocenters. The van der Waals surface area contributed by atoms with Gasteiger partial charge in [0.15, 0.2) is 18.1 Å². The smallest absolute Gasteiger partial charge is 0.211 e. The number of nitrogens with two attached hydrogens (primary N) is 1. The number of aromatic amines is 2. The lowest BCUT2D eigenvalue weighted by molar-refractivity contribution is 0.276. The SMILES string of the molecule is COc1cc(-c2nn[nH]n2)c(N)cc1OCc1nn[nH]n1. The third kappa shape index (κ3) is 2.56. The molecule has 0 amide bonds. The number of nitrogen functional groups attached to an aromatic ring is 1. The number of hydrogen-bond acceptors (Lipinski definition) is 9. The van der Waals surface area contributed by atoms with Crippen molar-refractivity contribution >= 4 is 5.69 Å². The van der Waals surface area contributed by atoms with Crippen molar-refractivity contribution in [1.82, 2.24) is 41.2 Å². The van der Waals surface area contributed by atoms with Crippen LogP contribution >= 0.6 is 0 Å². The van der Waals surface area contributed by atoms with Crippen molar-refractivity contribution in [3.05, 3.63) is 18.0 Å². The lowest BCUT2D eigenvalue weighted by Crippen LogP contribution is -2.02. The lowest BCUT2D eigenvalue weighted by Gasteiger charge is -2.12. The van der Waals surface area contributed by atoms with Crippen molar-refractivity contribution in [1.29, 1.82) is 0 Å². The molecule has 4 N–H and O–H groups in total. The summed E-state index contributed by atoms with van der Waals surface area (Å²) < 4.78 is 10.8. The number of rotatable bonds is 5. The van der Waals surface area contributed by atoms with Crippen LogP contribution in [0.3, 0.4) is 0 Å². The van der Waals surface area contributed by atoms with Gasteiger partial charge in [0.25, 0.3) is 0 Å². The van der Waals surface area contributed by atoms with Gasteiger partial charge in [0.1, 0.15) is 0 Å². The van der Waals surface area contributed by atoms with Gasteiger partial charge in [-0.1, -0.05) is 5.21 Å². The second-order valence-corrected chi connectivity index (χ2v) is 3.94. The maximum atomic E-state index is 5.98. The quantitative estimate of drug-likeness (QED) is 0.529. The van der Waals surface area contributed by atoms with Crippen molar-refractivity contribution < 1.29 is 9.47 Å². The van der Waals surface area contributed by atoms with Gasteiger partial charge in [-0.15, -0.1) is 20.4 Å². The molecule has 0 aliphatic heterocycles. The molecule has 0 radical (unpaired) electrons. The normalized spacial score (nSPS) is 10.5. The number of nitrogens with zero attached hydrogens (tertiary/aromatic N) is 6. The highest BCUT2D eigenvalue weighted by Crippen LogP contribution is 2.36. The molecule has 1 aromatic carbocycles. The summed E-state index contributed by atoms with van der Waals surface area (Å²) >= 11 is 0. The molecular formula is C10H11N9O2. The molecule has 0 bridgehead atoms. The molecule has 21 heavy (non-hydrogen) atoms. The fourth-order valence-electron chi connectivity index (χ4n) is 1.70. The first-order chi connectivity index (χ1) is 10.3. The molecule has 11 heteroatoms. The number of hydrogen-bond donors (Lipinski definition) is 3. The number of ether oxygens (including phenoxy) is 2. The topological polar surface area (TPSA) is 153 Å². The number of H-pyrrole nitrogens is 2. The monoisotopic (exact) mass is 289 g/mol. The zero-order chi connectivity index (χ0) is 14.7. The molecule has 0 spiro atoms. The Labute approximate surface area is 117 Å². The Morgan fingerprint density at radius 3 is 2.57 bits per heavy atom. The molecule has 11 nitrogen and oxygen atoms in total. The summed E-state index contributed by atoms with van der Waals surface area (Å²) in [5.41, 5.74) is 7.00. The third-order valence-electron chi connectivity index (χ3n) is 2.67. The fourth-order valence-corrected chi connectivity index (χ4v) is 1.70. The van der Waals surface area contributed by atoms with Gasteiger partial charge in [-0.2, -0.15) is 10.4 Å². The van der Waals surface area contributed by atoms with E-state index in [-0.39, 0.29) is 6.61 Å². The van der Waals surface area contributed by atoms with Gasteiger partial charge < -0.3 is 15.2 Å². The van der Waals surface area contributed by atoms with Crippen molar-refractivity contribution in [2.24, 2.45) is 0 Å². The third-order valence-corrected chi connectivity index (χ3v) is 2.67. The van der Waals surface area contributed by atoms with E-state index in [4.69, 9.17) is 15.2 Å². The van der Waals surface area contributed by atoms with Gasteiger partial charge in [0, 0.05) is 17.3 Å². The molecule has 0 aliphatic carbocycles. The van der Waals surface area contributed by atoms with Crippen LogP contribution in [0.25, 0.3) is 11.4 Å². The van der Waals surface area contributed by atoms with Crippen LogP contribution in [-0.2, 0) is 6.61 Å². The van der Waals surface area contributed by atoms with Gasteiger partial charge >= 0.3 is 0 Å². The van der Waals surface area contributed by atoms with E-state index in [1.165, 1.54) is 7.11 Å². The summed E-state index contributed by atoms with van der Waals surface area (Å²) in [6, 6.07) is 3.29. The predicted octanol–water partition coefficient (Wildman–Crippen LogP) is -0.450. The Morgan fingerprint density at radius 2 is 1.90 bits per heavy atom. The highest BCUT2D eigenvalue weighted by atomic mass is 16.5. The summed E-state index contributed by atoms with van der Waals surface area (Å²) in [5.74, 6) is 1.72. The molecule has 2 heterocycles. The molecule has 108 valence electrons. The molecule has 0 aliphatic rings. The van der Waals surface area contributed by atoms with Crippen LogP contribution in [-0.4, -0.2) is 48.4 Å². The second-order valence-electron chi connectivity index (χ2n) is 3.94. The van der Waals surface area contributed by atoms with Gasteiger partial charge in [0.2, 0.25) is 11.6 Å². The zero-order valence-corrected chi connectivity index (χ0v) is 10.9. The van der Waals surface area contributed by atoms with Gasteiger partial charge in [-0.3, -0.25) is 0 Å². The van der Waals surface area contributed by atoms with Crippen LogP contribution in [0.15, 0.2) is 12.1 Å². The Balaban J connectivity index is 1.89. The molecule has 3 aromatic rings. The van der Waals surface area contributed by atoms with Gasteiger partial charge in [-0.05, 0) is 11.3 Å². The largest absolute Gasteiger partial charge is 0.493 e. The van der Waals surface area contributed by atoms with Crippen LogP contribution in [0, 0.1) is 0 Å². The minimum absolute atomic E-state index is 0.133. The molecule has 2 aromatic heterocycles. The van der Waals surface area contributed by atoms with E-state index in [0.29, 0.717) is 34.4 Å². The van der Waals surface area contributed by atoms with E-state index >= 15 is 0 Å². The number of tetrazole rings is 2. The number of methoxy groups -OCH3 is 1. The van der Waals surface area contributed by atoms with Crippen molar-refractivity contribution in [3.8, 4) is 22.9 Å². The van der Waals surface area contributed by atoms with E-state index in [1.807, 2.05) is 0 Å². The number of nitrogens with one attached hydrogen (secondary N) is 2. The average molecular weight is 289 g/mol. The van der Waals surface area contributed by atoms with Crippen LogP contribution in [0.5, 0.6) is 11.5 Å². The molecule has 0 saturated heterocycles. The fraction of sp³-hybridized carbons (Fsp3) is 0.200. The minimum Gasteiger partial charge on any atom is -0.493 e. The van der Waals surface area contributed by atoms with E-state index in [1.54, 1.807) is 12.1 Å². The summed E-state index contributed by atoms with van der Waals surface area (Å²) in [6.45, 7) is 0.133. The predicted molar refractivity (Wildman–Crippen MR) is 69.1 cm³/mol. The van der Waals surface area contributed by atoms with Gasteiger partial charge in [0.05, 0.1) is 7.11 Å². The molecule has 0 fully saturated rings. The minimum atomic E-state index is 0.133. The number of benzene rings is 1. The highest BCUT2D eigenvalue weighted by Gasteiger charge is 2.15. The van der Waals surface area contributed by atoms with Gasteiger partial charge in [-0.25, -0.2) is 0 Å². The highest BCUT2D eigenvalue weighted by molar-refractivity contribution is 5.75. The molecule has 0 saturated carbocycles. The lowest BCUT2D eigenvalue weighted by atomic mass is 10.1. The summed E-state index contributed by atoms with van der Waals surface area (Å²) in [7, 11) is 1.52. The average Bonchev–Trinajstić information content (AvgIpc) is 3.18. The summed E-state index contributed by atoms with van der Waals surface area (Å²) in [6.07, 6.45) is 0. The van der Waals surface area contributed by atoms with E-state index < -0.39 is 0 Å². The van der Waals surface area contributed by atoms with Crippen molar-refractivity contribution in [2.75, 3.05) is 12.8 Å². The zero-order valence-electron chi connectivity index (χ0n) is 10.9. The van der Waals surface area contributed by atoms with Crippen molar-refractivity contribution in [3.63, 3.8) is 0 Å². The first kappa shape index (κ1) is 12.8.